The van der Waals surface area contributed by atoms with E-state index in [1.165, 1.54) is 0 Å². The van der Waals surface area contributed by atoms with Crippen LogP contribution in [0.15, 0.2) is 75.9 Å². The van der Waals surface area contributed by atoms with E-state index in [-0.39, 0.29) is 6.42 Å². The second-order valence-electron chi connectivity index (χ2n) is 7.05. The van der Waals surface area contributed by atoms with Gasteiger partial charge in [0, 0.05) is 16.5 Å². The van der Waals surface area contributed by atoms with Crippen LogP contribution in [0, 0.1) is 6.92 Å². The molecule has 0 aliphatic rings. The van der Waals surface area contributed by atoms with Crippen molar-refractivity contribution in [1.29, 1.82) is 0 Å². The Hall–Kier alpha value is -3.57. The number of hydrogen-bond acceptors (Lipinski definition) is 5. The number of rotatable bonds is 5. The Morgan fingerprint density at radius 3 is 2.32 bits per heavy atom. The van der Waals surface area contributed by atoms with Gasteiger partial charge in [0.2, 0.25) is 0 Å². The molecule has 0 bridgehead atoms. The molecular weight excluding hydrogens is 416 g/mol. The number of halogens is 1. The lowest BCUT2D eigenvalue weighted by molar-refractivity contribution is -0.133. The molecule has 6 heteroatoms. The van der Waals surface area contributed by atoms with Crippen LogP contribution in [0.3, 0.4) is 0 Å². The summed E-state index contributed by atoms with van der Waals surface area (Å²) in [4.78, 5) is 25.0. The van der Waals surface area contributed by atoms with Crippen molar-refractivity contribution in [1.82, 2.24) is 0 Å². The lowest BCUT2D eigenvalue weighted by Crippen LogP contribution is -2.11. The molecule has 4 aromatic rings. The number of methoxy groups -OCH3 is 1. The molecule has 0 radical (unpaired) electrons. The minimum atomic E-state index is -0.459. The fourth-order valence-corrected chi connectivity index (χ4v) is 3.55. The molecule has 1 aromatic heterocycles. The number of esters is 1. The van der Waals surface area contributed by atoms with E-state index in [9.17, 15) is 9.59 Å². The monoisotopic (exact) mass is 434 g/mol. The van der Waals surface area contributed by atoms with Crippen molar-refractivity contribution >= 4 is 28.5 Å². The largest absolute Gasteiger partial charge is 0.497 e. The van der Waals surface area contributed by atoms with E-state index in [0.29, 0.717) is 27.7 Å². The van der Waals surface area contributed by atoms with E-state index in [2.05, 4.69) is 0 Å². The molecule has 5 nitrogen and oxygen atoms in total. The molecule has 0 saturated heterocycles. The van der Waals surface area contributed by atoms with Gasteiger partial charge in [-0.2, -0.15) is 0 Å². The van der Waals surface area contributed by atoms with Gasteiger partial charge in [-0.15, -0.1) is 0 Å². The smallest absolute Gasteiger partial charge is 0.344 e. The molecule has 0 fully saturated rings. The third-order valence-corrected chi connectivity index (χ3v) is 5.26. The van der Waals surface area contributed by atoms with E-state index in [0.717, 1.165) is 22.1 Å². The van der Waals surface area contributed by atoms with Crippen LogP contribution >= 0.6 is 11.6 Å². The molecule has 1 heterocycles. The third kappa shape index (κ3) is 4.47. The molecule has 0 unspecified atom stereocenters. The van der Waals surface area contributed by atoms with Crippen LogP contribution in [0.2, 0.25) is 5.02 Å². The number of fused-ring (bicyclic) bond motifs is 1. The molecule has 0 saturated carbocycles. The van der Waals surface area contributed by atoms with Gasteiger partial charge < -0.3 is 13.9 Å². The predicted molar refractivity (Wildman–Crippen MR) is 120 cm³/mol. The number of aryl methyl sites for hydroxylation is 1. The number of hydrogen-bond donors (Lipinski definition) is 0. The van der Waals surface area contributed by atoms with Gasteiger partial charge in [-0.05, 0) is 60.0 Å². The Balaban J connectivity index is 1.61. The Labute approximate surface area is 183 Å². The molecule has 3 aromatic carbocycles. The average Bonchev–Trinajstić information content (AvgIpc) is 2.75. The van der Waals surface area contributed by atoms with Crippen LogP contribution < -0.4 is 15.1 Å². The summed E-state index contributed by atoms with van der Waals surface area (Å²) in [6.07, 6.45) is 0.106. The minimum Gasteiger partial charge on any atom is -0.497 e. The zero-order valence-corrected chi connectivity index (χ0v) is 17.7. The predicted octanol–water partition coefficient (Wildman–Crippen LogP) is 5.58. The van der Waals surface area contributed by atoms with E-state index in [4.69, 9.17) is 25.5 Å². The van der Waals surface area contributed by atoms with Crippen LogP contribution in [0.5, 0.6) is 11.5 Å². The van der Waals surface area contributed by atoms with Crippen LogP contribution in [0.1, 0.15) is 11.1 Å². The van der Waals surface area contributed by atoms with Crippen LogP contribution in [0.4, 0.5) is 0 Å². The Bertz CT molecular complexity index is 1310. The van der Waals surface area contributed by atoms with E-state index < -0.39 is 11.6 Å². The van der Waals surface area contributed by atoms with Gasteiger partial charge in [0.1, 0.15) is 17.1 Å². The normalized spacial score (nSPS) is 10.8. The van der Waals surface area contributed by atoms with E-state index >= 15 is 0 Å². The second kappa shape index (κ2) is 8.66. The van der Waals surface area contributed by atoms with Crippen molar-refractivity contribution < 1.29 is 18.7 Å². The van der Waals surface area contributed by atoms with Gasteiger partial charge >= 0.3 is 11.6 Å². The highest BCUT2D eigenvalue weighted by Gasteiger charge is 2.15. The molecule has 0 amide bonds. The van der Waals surface area contributed by atoms with Crippen molar-refractivity contribution in [2.75, 3.05) is 7.11 Å². The summed E-state index contributed by atoms with van der Waals surface area (Å²) in [6.45, 7) is 1.87. The van der Waals surface area contributed by atoms with Crippen molar-refractivity contribution in [2.24, 2.45) is 0 Å². The average molecular weight is 435 g/mol. The lowest BCUT2D eigenvalue weighted by Gasteiger charge is -2.10. The molecule has 156 valence electrons. The van der Waals surface area contributed by atoms with Crippen LogP contribution in [0.25, 0.3) is 22.1 Å². The summed E-state index contributed by atoms with van der Waals surface area (Å²) in [5.74, 6) is 0.596. The third-order valence-electron chi connectivity index (χ3n) is 5.01. The maximum absolute atomic E-state index is 12.7. The number of carbonyl (C=O) groups excluding carboxylic acids is 1. The standard InChI is InChI=1S/C25H19ClO5/c1-15-21-12-11-20(30-23(27)13-16-3-7-18(26)8-4-16)14-22(21)31-25(28)24(15)17-5-9-19(29-2)10-6-17/h3-12,14H,13H2,1-2H3. The summed E-state index contributed by atoms with van der Waals surface area (Å²) in [7, 11) is 1.59. The SMILES string of the molecule is COc1ccc(-c2c(C)c3ccc(OC(=O)Cc4ccc(Cl)cc4)cc3oc2=O)cc1. The zero-order valence-electron chi connectivity index (χ0n) is 17.0. The summed E-state index contributed by atoms with van der Waals surface area (Å²) in [5, 5.41) is 1.37. The van der Waals surface area contributed by atoms with Crippen molar-refractivity contribution in [2.45, 2.75) is 13.3 Å². The van der Waals surface area contributed by atoms with Crippen molar-refractivity contribution in [3.63, 3.8) is 0 Å². The summed E-state index contributed by atoms with van der Waals surface area (Å²) >= 11 is 5.87. The molecular formula is C25H19ClO5. The van der Waals surface area contributed by atoms with Crippen molar-refractivity contribution in [3.05, 3.63) is 93.3 Å². The highest BCUT2D eigenvalue weighted by atomic mass is 35.5. The first-order valence-electron chi connectivity index (χ1n) is 9.61. The molecule has 31 heavy (non-hydrogen) atoms. The number of carbonyl (C=O) groups is 1. The van der Waals surface area contributed by atoms with Gasteiger partial charge in [0.15, 0.2) is 0 Å². The van der Waals surface area contributed by atoms with E-state index in [1.54, 1.807) is 61.7 Å². The molecule has 4 rings (SSSR count). The minimum absolute atomic E-state index is 0.106. The van der Waals surface area contributed by atoms with Crippen molar-refractivity contribution in [3.8, 4) is 22.6 Å². The number of benzene rings is 3. The topological polar surface area (TPSA) is 65.7 Å². The second-order valence-corrected chi connectivity index (χ2v) is 7.49. The maximum atomic E-state index is 12.7. The van der Waals surface area contributed by atoms with Gasteiger partial charge in [-0.25, -0.2) is 4.79 Å². The van der Waals surface area contributed by atoms with Crippen LogP contribution in [-0.2, 0) is 11.2 Å². The Morgan fingerprint density at radius 1 is 0.968 bits per heavy atom. The molecule has 0 N–H and O–H groups in total. The fourth-order valence-electron chi connectivity index (χ4n) is 3.43. The van der Waals surface area contributed by atoms with E-state index in [1.807, 2.05) is 19.1 Å². The highest BCUT2D eigenvalue weighted by Crippen LogP contribution is 2.30. The lowest BCUT2D eigenvalue weighted by atomic mass is 9.99. The molecule has 0 aliphatic heterocycles. The molecule has 0 spiro atoms. The highest BCUT2D eigenvalue weighted by molar-refractivity contribution is 6.30. The Kier molecular flexibility index (Phi) is 5.78. The maximum Gasteiger partial charge on any atom is 0.344 e. The summed E-state index contributed by atoms with van der Waals surface area (Å²) in [6, 6.07) is 19.2. The van der Waals surface area contributed by atoms with Gasteiger partial charge in [0.05, 0.1) is 19.1 Å². The quantitative estimate of drug-likeness (QED) is 0.233. The summed E-state index contributed by atoms with van der Waals surface area (Å²) < 4.78 is 16.1. The fraction of sp³-hybridized carbons (Fsp3) is 0.120. The first-order chi connectivity index (χ1) is 14.9. The first kappa shape index (κ1) is 20.7. The van der Waals surface area contributed by atoms with Gasteiger partial charge in [-0.3, -0.25) is 4.79 Å². The Morgan fingerprint density at radius 2 is 1.65 bits per heavy atom. The molecule has 0 aliphatic carbocycles. The van der Waals surface area contributed by atoms with Gasteiger partial charge in [-0.1, -0.05) is 35.9 Å². The zero-order chi connectivity index (χ0) is 22.0. The number of ether oxygens (including phenoxy) is 2. The molecule has 0 atom stereocenters. The first-order valence-corrected chi connectivity index (χ1v) is 9.99. The van der Waals surface area contributed by atoms with Crippen LogP contribution in [-0.4, -0.2) is 13.1 Å². The summed E-state index contributed by atoms with van der Waals surface area (Å²) in [5.41, 5.74) is 2.71. The van der Waals surface area contributed by atoms with Gasteiger partial charge in [0.25, 0.3) is 0 Å².